The number of ether oxygens (including phenoxy) is 2. The molecule has 0 unspecified atom stereocenters. The van der Waals surface area contributed by atoms with E-state index in [2.05, 4.69) is 5.32 Å². The molecule has 182 valence electrons. The molecule has 0 heterocycles. The lowest BCUT2D eigenvalue weighted by molar-refractivity contribution is 0.415. The van der Waals surface area contributed by atoms with Crippen molar-refractivity contribution < 1.29 is 9.47 Å². The summed E-state index contributed by atoms with van der Waals surface area (Å²) in [7, 11) is 3.27. The van der Waals surface area contributed by atoms with E-state index >= 15 is 0 Å². The Morgan fingerprint density at radius 2 is 1.39 bits per heavy atom. The van der Waals surface area contributed by atoms with Crippen LogP contribution in [0.5, 0.6) is 11.5 Å². The zero-order chi connectivity index (χ0) is 25.3. The minimum atomic E-state index is 0.483. The number of benzene rings is 4. The molecule has 0 spiro atoms. The second-order valence-electron chi connectivity index (χ2n) is 7.79. The van der Waals surface area contributed by atoms with Crippen molar-refractivity contribution in [1.82, 2.24) is 5.32 Å². The van der Waals surface area contributed by atoms with Gasteiger partial charge in [0.2, 0.25) is 0 Å². The predicted molar refractivity (Wildman–Crippen MR) is 152 cm³/mol. The number of halogens is 1. The largest absolute Gasteiger partial charge is 0.497 e. The first-order valence-corrected chi connectivity index (χ1v) is 12.1. The summed E-state index contributed by atoms with van der Waals surface area (Å²) < 4.78 is 10.7. The van der Waals surface area contributed by atoms with E-state index < -0.39 is 0 Å². The quantitative estimate of drug-likeness (QED) is 0.163. The molecular weight excluding hydrogens is 490 g/mol. The van der Waals surface area contributed by atoms with Crippen molar-refractivity contribution in [2.24, 2.45) is 4.99 Å². The molecule has 0 aliphatic carbocycles. The molecular formula is C29H26ClN3O2S. The molecule has 4 rings (SSSR count). The van der Waals surface area contributed by atoms with Gasteiger partial charge in [-0.25, -0.2) is 4.99 Å². The van der Waals surface area contributed by atoms with E-state index in [9.17, 15) is 0 Å². The Morgan fingerprint density at radius 3 is 2.00 bits per heavy atom. The number of aliphatic imine (C=N–C) groups is 1. The SMILES string of the molecule is COc1ccc(N=C(c2ccccc2Cl)N(C(=S)NCc2ccccc2)c2ccc(OC)cc2)cc1. The fourth-order valence-corrected chi connectivity index (χ4v) is 4.06. The fourth-order valence-electron chi connectivity index (χ4n) is 3.57. The van der Waals surface area contributed by atoms with Crippen molar-refractivity contribution in [1.29, 1.82) is 0 Å². The van der Waals surface area contributed by atoms with E-state index in [0.717, 1.165) is 34.0 Å². The number of hydrogen-bond acceptors (Lipinski definition) is 4. The molecule has 36 heavy (non-hydrogen) atoms. The number of hydrogen-bond donors (Lipinski definition) is 1. The summed E-state index contributed by atoms with van der Waals surface area (Å²) in [4.78, 5) is 6.90. The van der Waals surface area contributed by atoms with Gasteiger partial charge in [0, 0.05) is 12.1 Å². The average Bonchev–Trinajstić information content (AvgIpc) is 2.93. The van der Waals surface area contributed by atoms with Crippen LogP contribution in [0.4, 0.5) is 11.4 Å². The van der Waals surface area contributed by atoms with E-state index in [1.54, 1.807) is 14.2 Å². The van der Waals surface area contributed by atoms with Crippen LogP contribution in [-0.4, -0.2) is 25.2 Å². The molecule has 1 N–H and O–H groups in total. The van der Waals surface area contributed by atoms with E-state index in [0.29, 0.717) is 22.5 Å². The zero-order valence-electron chi connectivity index (χ0n) is 20.0. The zero-order valence-corrected chi connectivity index (χ0v) is 21.6. The van der Waals surface area contributed by atoms with Crippen molar-refractivity contribution in [3.05, 3.63) is 119 Å². The highest BCUT2D eigenvalue weighted by atomic mass is 35.5. The number of anilines is 1. The first kappa shape index (κ1) is 25.2. The Balaban J connectivity index is 1.81. The number of nitrogens with one attached hydrogen (secondary N) is 1. The minimum Gasteiger partial charge on any atom is -0.497 e. The van der Waals surface area contributed by atoms with E-state index in [-0.39, 0.29) is 0 Å². The van der Waals surface area contributed by atoms with Crippen LogP contribution >= 0.6 is 23.8 Å². The minimum absolute atomic E-state index is 0.483. The van der Waals surface area contributed by atoms with Crippen LogP contribution in [0.1, 0.15) is 11.1 Å². The summed E-state index contributed by atoms with van der Waals surface area (Å²) in [5.41, 5.74) is 3.40. The number of rotatable bonds is 7. The molecule has 0 saturated heterocycles. The third kappa shape index (κ3) is 6.22. The first-order valence-electron chi connectivity index (χ1n) is 11.3. The van der Waals surface area contributed by atoms with Crippen LogP contribution in [0.25, 0.3) is 0 Å². The summed E-state index contributed by atoms with van der Waals surface area (Å²) in [6, 6.07) is 32.9. The lowest BCUT2D eigenvalue weighted by atomic mass is 10.1. The van der Waals surface area contributed by atoms with Crippen LogP contribution in [0.2, 0.25) is 5.02 Å². The molecule has 0 amide bonds. The van der Waals surface area contributed by atoms with Crippen molar-refractivity contribution in [3.63, 3.8) is 0 Å². The van der Waals surface area contributed by atoms with E-state index in [1.165, 1.54) is 0 Å². The van der Waals surface area contributed by atoms with Gasteiger partial charge < -0.3 is 14.8 Å². The molecule has 0 radical (unpaired) electrons. The predicted octanol–water partition coefficient (Wildman–Crippen LogP) is 7.02. The lowest BCUT2D eigenvalue weighted by Crippen LogP contribution is -2.44. The maximum Gasteiger partial charge on any atom is 0.179 e. The molecule has 4 aromatic carbocycles. The van der Waals surface area contributed by atoms with Crippen LogP contribution in [-0.2, 0) is 6.54 Å². The Labute approximate surface area is 222 Å². The number of nitrogens with zero attached hydrogens (tertiary/aromatic N) is 2. The Bertz CT molecular complexity index is 1330. The fraction of sp³-hybridized carbons (Fsp3) is 0.103. The van der Waals surface area contributed by atoms with Gasteiger partial charge in [-0.2, -0.15) is 0 Å². The Kier molecular flexibility index (Phi) is 8.55. The highest BCUT2D eigenvalue weighted by Crippen LogP contribution is 2.28. The van der Waals surface area contributed by atoms with Crippen LogP contribution in [0.15, 0.2) is 108 Å². The normalized spacial score (nSPS) is 11.0. The van der Waals surface area contributed by atoms with Crippen molar-refractivity contribution in [2.75, 3.05) is 19.1 Å². The molecule has 5 nitrogen and oxygen atoms in total. The molecule has 0 aliphatic rings. The molecule has 7 heteroatoms. The molecule has 0 fully saturated rings. The second-order valence-corrected chi connectivity index (χ2v) is 8.58. The highest BCUT2D eigenvalue weighted by molar-refractivity contribution is 7.80. The standard InChI is InChI=1S/C29H26ClN3O2S/c1-34-24-16-12-22(13-17-24)32-28(26-10-6-7-11-27(26)30)33(23-14-18-25(35-2)19-15-23)29(36)31-20-21-8-4-3-5-9-21/h3-19H,20H2,1-2H3,(H,31,36). The van der Waals surface area contributed by atoms with Gasteiger partial charge in [-0.05, 0) is 78.4 Å². The summed E-state index contributed by atoms with van der Waals surface area (Å²) in [5.74, 6) is 2.08. The van der Waals surface area contributed by atoms with Gasteiger partial charge in [0.05, 0.1) is 30.6 Å². The maximum absolute atomic E-state index is 6.68. The van der Waals surface area contributed by atoms with Gasteiger partial charge in [0.25, 0.3) is 0 Å². The molecule has 0 bridgehead atoms. The monoisotopic (exact) mass is 515 g/mol. The van der Waals surface area contributed by atoms with Gasteiger partial charge in [0.15, 0.2) is 5.11 Å². The summed E-state index contributed by atoms with van der Waals surface area (Å²) in [5, 5.41) is 4.43. The number of amidine groups is 1. The number of thiocarbonyl (C=S) groups is 1. The average molecular weight is 516 g/mol. The number of methoxy groups -OCH3 is 2. The van der Waals surface area contributed by atoms with Crippen molar-refractivity contribution in [3.8, 4) is 11.5 Å². The van der Waals surface area contributed by atoms with Crippen LogP contribution in [0.3, 0.4) is 0 Å². The van der Waals surface area contributed by atoms with Gasteiger partial charge in [0.1, 0.15) is 17.3 Å². The van der Waals surface area contributed by atoms with Gasteiger partial charge in [-0.3, -0.25) is 4.90 Å². The Morgan fingerprint density at radius 1 is 0.806 bits per heavy atom. The molecule has 4 aromatic rings. The Hall–Kier alpha value is -3.87. The third-order valence-corrected chi connectivity index (χ3v) is 6.11. The molecule has 0 aromatic heterocycles. The van der Waals surface area contributed by atoms with Crippen LogP contribution in [0, 0.1) is 0 Å². The molecule has 0 atom stereocenters. The van der Waals surface area contributed by atoms with Crippen LogP contribution < -0.4 is 19.7 Å². The summed E-state index contributed by atoms with van der Waals surface area (Å²) >= 11 is 12.6. The van der Waals surface area contributed by atoms with E-state index in [1.807, 2.05) is 108 Å². The van der Waals surface area contributed by atoms with Crippen molar-refractivity contribution in [2.45, 2.75) is 6.54 Å². The molecule has 0 saturated carbocycles. The van der Waals surface area contributed by atoms with Gasteiger partial charge in [-0.15, -0.1) is 0 Å². The smallest absolute Gasteiger partial charge is 0.179 e. The summed E-state index contributed by atoms with van der Waals surface area (Å²) in [6.07, 6.45) is 0. The topological polar surface area (TPSA) is 46.1 Å². The lowest BCUT2D eigenvalue weighted by Gasteiger charge is -2.28. The second kappa shape index (κ2) is 12.2. The summed E-state index contributed by atoms with van der Waals surface area (Å²) in [6.45, 7) is 0.560. The van der Waals surface area contributed by atoms with Gasteiger partial charge >= 0.3 is 0 Å². The third-order valence-electron chi connectivity index (χ3n) is 5.45. The molecule has 0 aliphatic heterocycles. The van der Waals surface area contributed by atoms with Crippen molar-refractivity contribution >= 4 is 46.1 Å². The van der Waals surface area contributed by atoms with E-state index in [4.69, 9.17) is 38.3 Å². The maximum atomic E-state index is 6.68. The first-order chi connectivity index (χ1) is 17.6. The highest BCUT2D eigenvalue weighted by Gasteiger charge is 2.23. The van der Waals surface area contributed by atoms with Gasteiger partial charge in [-0.1, -0.05) is 54.1 Å².